The minimum atomic E-state index is 0.615. The number of anilines is 1. The fraction of sp³-hybridized carbons (Fsp3) is 0.833. The summed E-state index contributed by atoms with van der Waals surface area (Å²) in [5.74, 6) is 1.22. The zero-order chi connectivity index (χ0) is 13.0. The van der Waals surface area contributed by atoms with E-state index in [1.165, 1.54) is 17.3 Å². The topological polar surface area (TPSA) is 41.1 Å². The highest BCUT2D eigenvalue weighted by molar-refractivity contribution is 8.00. The predicted octanol–water partition coefficient (Wildman–Crippen LogP) is 2.69. The second-order valence-corrected chi connectivity index (χ2v) is 7.00. The zero-order valence-electron chi connectivity index (χ0n) is 11.3. The molecule has 0 bridgehead atoms. The highest BCUT2D eigenvalue weighted by Crippen LogP contribution is 2.27. The Hall–Kier alpha value is -0.330. The minimum Gasteiger partial charge on any atom is -0.374 e. The Morgan fingerprint density at radius 1 is 1.44 bits per heavy atom. The van der Waals surface area contributed by atoms with Gasteiger partial charge in [0.15, 0.2) is 0 Å². The standard InChI is InChI=1S/C12H22N4S2/c1-4-5-13-12-11(14-15-18-12)8-16-6-7-17-10(3)9(16)2/h9-10,13H,4-8H2,1-3H3. The van der Waals surface area contributed by atoms with E-state index in [9.17, 15) is 0 Å². The van der Waals surface area contributed by atoms with Crippen LogP contribution in [0.4, 0.5) is 5.00 Å². The Labute approximate surface area is 118 Å². The number of nitrogens with zero attached hydrogens (tertiary/aromatic N) is 3. The van der Waals surface area contributed by atoms with Crippen molar-refractivity contribution in [3.8, 4) is 0 Å². The van der Waals surface area contributed by atoms with Crippen molar-refractivity contribution in [1.29, 1.82) is 0 Å². The molecule has 4 nitrogen and oxygen atoms in total. The number of thioether (sulfide) groups is 1. The molecule has 2 atom stereocenters. The second-order valence-electron chi connectivity index (χ2n) is 4.76. The van der Waals surface area contributed by atoms with Gasteiger partial charge in [-0.2, -0.15) is 11.8 Å². The molecule has 1 N–H and O–H groups in total. The normalized spacial score (nSPS) is 25.3. The number of hydrogen-bond donors (Lipinski definition) is 1. The Morgan fingerprint density at radius 2 is 2.28 bits per heavy atom. The summed E-state index contributed by atoms with van der Waals surface area (Å²) in [5.41, 5.74) is 1.11. The van der Waals surface area contributed by atoms with Gasteiger partial charge in [-0.05, 0) is 13.3 Å². The molecule has 0 spiro atoms. The van der Waals surface area contributed by atoms with Crippen LogP contribution in [0.2, 0.25) is 0 Å². The SMILES string of the molecule is CCCNc1snnc1CN1CCSC(C)C1C. The lowest BCUT2D eigenvalue weighted by molar-refractivity contribution is 0.202. The summed E-state index contributed by atoms with van der Waals surface area (Å²) in [6.45, 7) is 9.88. The largest absolute Gasteiger partial charge is 0.374 e. The van der Waals surface area contributed by atoms with Gasteiger partial charge in [0, 0.05) is 48.2 Å². The fourth-order valence-corrected chi connectivity index (χ4v) is 3.86. The van der Waals surface area contributed by atoms with Crippen molar-refractivity contribution in [1.82, 2.24) is 14.5 Å². The third-order valence-corrected chi connectivity index (χ3v) is 5.52. The van der Waals surface area contributed by atoms with E-state index >= 15 is 0 Å². The number of aromatic nitrogens is 2. The highest BCUT2D eigenvalue weighted by atomic mass is 32.2. The number of hydrogen-bond acceptors (Lipinski definition) is 6. The van der Waals surface area contributed by atoms with Gasteiger partial charge in [0.1, 0.15) is 10.7 Å². The average molecular weight is 286 g/mol. The third-order valence-electron chi connectivity index (χ3n) is 3.46. The van der Waals surface area contributed by atoms with Crippen LogP contribution in [0.3, 0.4) is 0 Å². The first kappa shape index (κ1) is 14.1. The first-order chi connectivity index (χ1) is 8.72. The smallest absolute Gasteiger partial charge is 0.134 e. The molecular weight excluding hydrogens is 264 g/mol. The summed E-state index contributed by atoms with van der Waals surface area (Å²) in [5, 5.41) is 9.55. The van der Waals surface area contributed by atoms with Crippen LogP contribution in [-0.4, -0.2) is 44.6 Å². The van der Waals surface area contributed by atoms with Gasteiger partial charge in [0.25, 0.3) is 0 Å². The van der Waals surface area contributed by atoms with Crippen LogP contribution in [0, 0.1) is 0 Å². The lowest BCUT2D eigenvalue weighted by Crippen LogP contribution is -2.44. The quantitative estimate of drug-likeness (QED) is 0.901. The number of nitrogens with one attached hydrogen (secondary N) is 1. The molecule has 0 aliphatic carbocycles. The molecule has 102 valence electrons. The molecule has 0 aromatic carbocycles. The lowest BCUT2D eigenvalue weighted by Gasteiger charge is -2.37. The van der Waals surface area contributed by atoms with Gasteiger partial charge in [-0.25, -0.2) is 0 Å². The van der Waals surface area contributed by atoms with Crippen molar-refractivity contribution in [2.45, 2.75) is 45.0 Å². The first-order valence-electron chi connectivity index (χ1n) is 6.63. The minimum absolute atomic E-state index is 0.615. The molecule has 2 rings (SSSR count). The summed E-state index contributed by atoms with van der Waals surface area (Å²) < 4.78 is 4.08. The van der Waals surface area contributed by atoms with Crippen molar-refractivity contribution in [3.63, 3.8) is 0 Å². The molecule has 1 aliphatic heterocycles. The van der Waals surface area contributed by atoms with E-state index < -0.39 is 0 Å². The molecule has 1 fully saturated rings. The van der Waals surface area contributed by atoms with Crippen molar-refractivity contribution < 1.29 is 0 Å². The van der Waals surface area contributed by atoms with E-state index in [1.807, 2.05) is 0 Å². The van der Waals surface area contributed by atoms with Crippen LogP contribution >= 0.6 is 23.3 Å². The summed E-state index contributed by atoms with van der Waals surface area (Å²) in [4.78, 5) is 2.52. The Balaban J connectivity index is 1.97. The summed E-state index contributed by atoms with van der Waals surface area (Å²) >= 11 is 3.55. The second kappa shape index (κ2) is 6.73. The van der Waals surface area contributed by atoms with Crippen LogP contribution in [-0.2, 0) is 6.54 Å². The Morgan fingerprint density at radius 3 is 3.06 bits per heavy atom. The van der Waals surface area contributed by atoms with E-state index in [0.717, 1.165) is 36.8 Å². The van der Waals surface area contributed by atoms with Gasteiger partial charge in [-0.1, -0.05) is 18.3 Å². The van der Waals surface area contributed by atoms with Gasteiger partial charge >= 0.3 is 0 Å². The molecule has 2 unspecified atom stereocenters. The first-order valence-corrected chi connectivity index (χ1v) is 8.45. The van der Waals surface area contributed by atoms with Crippen LogP contribution in [0.15, 0.2) is 0 Å². The van der Waals surface area contributed by atoms with Crippen molar-refractivity contribution >= 4 is 28.3 Å². The van der Waals surface area contributed by atoms with E-state index in [0.29, 0.717) is 11.3 Å². The van der Waals surface area contributed by atoms with Crippen LogP contribution in [0.1, 0.15) is 32.9 Å². The molecular formula is C12H22N4S2. The Kier molecular flexibility index (Phi) is 5.26. The molecule has 1 aromatic heterocycles. The van der Waals surface area contributed by atoms with E-state index in [4.69, 9.17) is 0 Å². The number of rotatable bonds is 5. The fourth-order valence-electron chi connectivity index (χ4n) is 2.10. The lowest BCUT2D eigenvalue weighted by atomic mass is 10.2. The zero-order valence-corrected chi connectivity index (χ0v) is 13.0. The van der Waals surface area contributed by atoms with Crippen LogP contribution in [0.5, 0.6) is 0 Å². The molecule has 0 amide bonds. The summed E-state index contributed by atoms with van der Waals surface area (Å²) in [6.07, 6.45) is 1.13. The van der Waals surface area contributed by atoms with Crippen LogP contribution in [0.25, 0.3) is 0 Å². The maximum atomic E-state index is 4.28. The third kappa shape index (κ3) is 3.36. The molecule has 6 heteroatoms. The molecule has 1 aromatic rings. The predicted molar refractivity (Wildman–Crippen MR) is 80.5 cm³/mol. The van der Waals surface area contributed by atoms with E-state index in [2.05, 4.69) is 52.3 Å². The van der Waals surface area contributed by atoms with Gasteiger partial charge < -0.3 is 5.32 Å². The molecule has 1 saturated heterocycles. The van der Waals surface area contributed by atoms with Crippen molar-refractivity contribution in [3.05, 3.63) is 5.69 Å². The van der Waals surface area contributed by atoms with Gasteiger partial charge in [0.2, 0.25) is 0 Å². The molecule has 0 radical (unpaired) electrons. The van der Waals surface area contributed by atoms with Crippen molar-refractivity contribution in [2.75, 3.05) is 24.2 Å². The van der Waals surface area contributed by atoms with Gasteiger partial charge in [0.05, 0.1) is 0 Å². The molecule has 0 saturated carbocycles. The molecule has 2 heterocycles. The van der Waals surface area contributed by atoms with Gasteiger partial charge in [-0.3, -0.25) is 4.90 Å². The monoisotopic (exact) mass is 286 g/mol. The van der Waals surface area contributed by atoms with E-state index in [-0.39, 0.29) is 0 Å². The van der Waals surface area contributed by atoms with E-state index in [1.54, 1.807) is 0 Å². The maximum Gasteiger partial charge on any atom is 0.134 e. The Bertz CT molecular complexity index is 369. The van der Waals surface area contributed by atoms with Gasteiger partial charge in [-0.15, -0.1) is 5.10 Å². The maximum absolute atomic E-state index is 4.28. The summed E-state index contributed by atoms with van der Waals surface area (Å²) in [6, 6.07) is 0.615. The highest BCUT2D eigenvalue weighted by Gasteiger charge is 2.26. The molecule has 18 heavy (non-hydrogen) atoms. The molecule has 1 aliphatic rings. The summed E-state index contributed by atoms with van der Waals surface area (Å²) in [7, 11) is 0. The average Bonchev–Trinajstić information content (AvgIpc) is 2.80. The van der Waals surface area contributed by atoms with Crippen molar-refractivity contribution in [2.24, 2.45) is 0 Å². The van der Waals surface area contributed by atoms with Crippen LogP contribution < -0.4 is 5.32 Å².